The number of ether oxygens (including phenoxy) is 1. The predicted octanol–water partition coefficient (Wildman–Crippen LogP) is 3.13. The summed E-state index contributed by atoms with van der Waals surface area (Å²) >= 11 is 0. The van der Waals surface area contributed by atoms with Crippen molar-refractivity contribution >= 4 is 5.84 Å². The van der Waals surface area contributed by atoms with Crippen LogP contribution in [0.4, 0.5) is 26.3 Å². The molecule has 0 aliphatic rings. The monoisotopic (exact) mass is 316 g/mol. The second-order valence-electron chi connectivity index (χ2n) is 3.90. The molecule has 1 aromatic rings. The lowest BCUT2D eigenvalue weighted by Gasteiger charge is -2.14. The van der Waals surface area contributed by atoms with Gasteiger partial charge in [-0.25, -0.2) is 0 Å². The third-order valence-corrected chi connectivity index (χ3v) is 2.33. The Kier molecular flexibility index (Phi) is 4.92. The van der Waals surface area contributed by atoms with Gasteiger partial charge in [0.05, 0.1) is 18.6 Å². The molecule has 0 unspecified atom stereocenters. The van der Waals surface area contributed by atoms with Crippen LogP contribution in [-0.2, 0) is 6.18 Å². The topological polar surface area (TPSA) is 67.8 Å². The zero-order chi connectivity index (χ0) is 16.3. The van der Waals surface area contributed by atoms with E-state index in [2.05, 4.69) is 9.89 Å². The molecule has 0 spiro atoms. The van der Waals surface area contributed by atoms with Gasteiger partial charge in [0, 0.05) is 5.56 Å². The Balaban J connectivity index is 3.00. The number of rotatable bonds is 4. The molecule has 3 N–H and O–H groups in total. The Morgan fingerprint density at radius 2 is 1.81 bits per heavy atom. The van der Waals surface area contributed by atoms with E-state index in [0.29, 0.717) is 6.07 Å². The second-order valence-corrected chi connectivity index (χ2v) is 3.90. The molecule has 0 aliphatic carbocycles. The lowest BCUT2D eigenvalue weighted by molar-refractivity contribution is -0.141. The maximum Gasteiger partial charge on any atom is 0.417 e. The average molecular weight is 316 g/mol. The number of hydrogen-bond donors (Lipinski definition) is 2. The van der Waals surface area contributed by atoms with Gasteiger partial charge in [0.25, 0.3) is 0 Å². The molecule has 0 bridgehead atoms. The van der Waals surface area contributed by atoms with E-state index >= 15 is 0 Å². The van der Waals surface area contributed by atoms with Crippen molar-refractivity contribution in [2.24, 2.45) is 10.9 Å². The maximum atomic E-state index is 12.8. The SMILES string of the molecule is N/C(=N/O)c1ccc(OCCC(F)(F)F)cc1C(F)(F)F. The van der Waals surface area contributed by atoms with Gasteiger partial charge in [-0.05, 0) is 18.2 Å². The molecule has 4 nitrogen and oxygen atoms in total. The molecule has 0 aliphatic heterocycles. The molecule has 0 aromatic heterocycles. The van der Waals surface area contributed by atoms with Gasteiger partial charge in [-0.15, -0.1) is 0 Å². The molecule has 0 saturated carbocycles. The molecule has 0 amide bonds. The number of hydrogen-bond acceptors (Lipinski definition) is 3. The fourth-order valence-corrected chi connectivity index (χ4v) is 1.41. The van der Waals surface area contributed by atoms with Gasteiger partial charge in [-0.2, -0.15) is 26.3 Å². The van der Waals surface area contributed by atoms with Crippen LogP contribution in [-0.4, -0.2) is 23.8 Å². The van der Waals surface area contributed by atoms with Gasteiger partial charge in [-0.3, -0.25) is 0 Å². The van der Waals surface area contributed by atoms with Crippen LogP contribution in [0.3, 0.4) is 0 Å². The quantitative estimate of drug-likeness (QED) is 0.295. The first-order valence-corrected chi connectivity index (χ1v) is 5.43. The summed E-state index contributed by atoms with van der Waals surface area (Å²) < 4.78 is 78.8. The summed E-state index contributed by atoms with van der Waals surface area (Å²) in [6.07, 6.45) is -10.6. The molecule has 0 fully saturated rings. The number of alkyl halides is 6. The van der Waals surface area contributed by atoms with Crippen molar-refractivity contribution in [3.8, 4) is 5.75 Å². The highest BCUT2D eigenvalue weighted by Crippen LogP contribution is 2.34. The van der Waals surface area contributed by atoms with E-state index < -0.39 is 48.1 Å². The first-order chi connectivity index (χ1) is 9.54. The fourth-order valence-electron chi connectivity index (χ4n) is 1.41. The van der Waals surface area contributed by atoms with Gasteiger partial charge < -0.3 is 15.7 Å². The summed E-state index contributed by atoms with van der Waals surface area (Å²) in [6, 6.07) is 2.34. The Labute approximate surface area is 114 Å². The zero-order valence-corrected chi connectivity index (χ0v) is 10.3. The number of amidine groups is 1. The first-order valence-electron chi connectivity index (χ1n) is 5.43. The average Bonchev–Trinajstić information content (AvgIpc) is 2.35. The standard InChI is InChI=1S/C11H10F6N2O2/c12-10(13,14)3-4-21-6-1-2-7(9(18)19-20)8(5-6)11(15,16)17/h1-2,5,20H,3-4H2,(H2,18,19). The fraction of sp³-hybridized carbons (Fsp3) is 0.364. The van der Waals surface area contributed by atoms with Gasteiger partial charge in [0.2, 0.25) is 0 Å². The molecule has 1 aromatic carbocycles. The van der Waals surface area contributed by atoms with Gasteiger partial charge in [-0.1, -0.05) is 5.16 Å². The van der Waals surface area contributed by atoms with Crippen LogP contribution in [0.15, 0.2) is 23.4 Å². The van der Waals surface area contributed by atoms with Crippen LogP contribution in [0.5, 0.6) is 5.75 Å². The van der Waals surface area contributed by atoms with Crippen LogP contribution in [0, 0.1) is 0 Å². The highest BCUT2D eigenvalue weighted by Gasteiger charge is 2.35. The maximum absolute atomic E-state index is 12.8. The van der Waals surface area contributed by atoms with Gasteiger partial charge in [0.1, 0.15) is 5.75 Å². The third kappa shape index (κ3) is 5.04. The molecule has 21 heavy (non-hydrogen) atoms. The normalized spacial score (nSPS) is 13.3. The van der Waals surface area contributed by atoms with Crippen molar-refractivity contribution in [1.29, 1.82) is 0 Å². The van der Waals surface area contributed by atoms with Crippen LogP contribution in [0.2, 0.25) is 0 Å². The summed E-state index contributed by atoms with van der Waals surface area (Å²) in [4.78, 5) is 0. The summed E-state index contributed by atoms with van der Waals surface area (Å²) in [5.74, 6) is -1.18. The van der Waals surface area contributed by atoms with Crippen LogP contribution in [0.1, 0.15) is 17.5 Å². The lowest BCUT2D eigenvalue weighted by atomic mass is 10.1. The van der Waals surface area contributed by atoms with Crippen molar-refractivity contribution < 1.29 is 36.3 Å². The van der Waals surface area contributed by atoms with E-state index in [-0.39, 0.29) is 0 Å². The molecule has 1 rings (SSSR count). The Hall–Kier alpha value is -2.13. The van der Waals surface area contributed by atoms with Crippen LogP contribution < -0.4 is 10.5 Å². The smallest absolute Gasteiger partial charge is 0.417 e. The number of benzene rings is 1. The Morgan fingerprint density at radius 1 is 1.19 bits per heavy atom. The first kappa shape index (κ1) is 16.9. The van der Waals surface area contributed by atoms with Crippen molar-refractivity contribution in [3.05, 3.63) is 29.3 Å². The van der Waals surface area contributed by atoms with E-state index in [1.807, 2.05) is 0 Å². The second kappa shape index (κ2) is 6.10. The van der Waals surface area contributed by atoms with Crippen LogP contribution in [0.25, 0.3) is 0 Å². The highest BCUT2D eigenvalue weighted by molar-refractivity contribution is 5.98. The molecule has 118 valence electrons. The van der Waals surface area contributed by atoms with E-state index in [1.54, 1.807) is 0 Å². The van der Waals surface area contributed by atoms with Gasteiger partial charge in [0.15, 0.2) is 5.84 Å². The van der Waals surface area contributed by atoms with Crippen molar-refractivity contribution in [1.82, 2.24) is 0 Å². The Bertz CT molecular complexity index is 524. The summed E-state index contributed by atoms with van der Waals surface area (Å²) in [7, 11) is 0. The van der Waals surface area contributed by atoms with Gasteiger partial charge >= 0.3 is 12.4 Å². The van der Waals surface area contributed by atoms with Crippen LogP contribution >= 0.6 is 0 Å². The number of nitrogens with two attached hydrogens (primary N) is 1. The zero-order valence-electron chi connectivity index (χ0n) is 10.3. The predicted molar refractivity (Wildman–Crippen MR) is 60.1 cm³/mol. The highest BCUT2D eigenvalue weighted by atomic mass is 19.4. The molecule has 0 heterocycles. The van der Waals surface area contributed by atoms with E-state index in [0.717, 1.165) is 12.1 Å². The van der Waals surface area contributed by atoms with E-state index in [9.17, 15) is 26.3 Å². The molecular weight excluding hydrogens is 306 g/mol. The minimum Gasteiger partial charge on any atom is -0.493 e. The summed E-state index contributed by atoms with van der Waals surface area (Å²) in [5.41, 5.74) is 3.23. The molecular formula is C11H10F6N2O2. The minimum absolute atomic E-state index is 0.402. The molecule has 0 radical (unpaired) electrons. The third-order valence-electron chi connectivity index (χ3n) is 2.33. The van der Waals surface area contributed by atoms with Crippen molar-refractivity contribution in [3.63, 3.8) is 0 Å². The molecule has 0 saturated heterocycles. The van der Waals surface area contributed by atoms with E-state index in [4.69, 9.17) is 10.9 Å². The molecule has 0 atom stereocenters. The number of oxime groups is 1. The number of nitrogens with zero attached hydrogens (tertiary/aromatic N) is 1. The summed E-state index contributed by atoms with van der Waals surface area (Å²) in [5, 5.41) is 10.9. The van der Waals surface area contributed by atoms with Crippen molar-refractivity contribution in [2.45, 2.75) is 18.8 Å². The summed E-state index contributed by atoms with van der Waals surface area (Å²) in [6.45, 7) is -0.816. The minimum atomic E-state index is -4.84. The van der Waals surface area contributed by atoms with Crippen molar-refractivity contribution in [2.75, 3.05) is 6.61 Å². The largest absolute Gasteiger partial charge is 0.493 e. The van der Waals surface area contributed by atoms with E-state index in [1.165, 1.54) is 0 Å². The number of halogens is 6. The lowest BCUT2D eigenvalue weighted by Crippen LogP contribution is -2.20. The molecule has 10 heteroatoms. The Morgan fingerprint density at radius 3 is 2.29 bits per heavy atom.